The van der Waals surface area contributed by atoms with Crippen LogP contribution in [0.4, 0.5) is 0 Å². The van der Waals surface area contributed by atoms with Crippen LogP contribution < -0.4 is 5.32 Å². The average Bonchev–Trinajstić information content (AvgIpc) is 2.96. The van der Waals surface area contributed by atoms with Crippen molar-refractivity contribution in [2.45, 2.75) is 32.6 Å². The lowest BCUT2D eigenvalue weighted by Crippen LogP contribution is -2.45. The summed E-state index contributed by atoms with van der Waals surface area (Å²) in [5.74, 6) is 2.56. The number of methoxy groups -OCH3 is 2. The van der Waals surface area contributed by atoms with Gasteiger partial charge in [0.1, 0.15) is 0 Å². The van der Waals surface area contributed by atoms with Crippen molar-refractivity contribution in [3.63, 3.8) is 0 Å². The van der Waals surface area contributed by atoms with Gasteiger partial charge in [-0.05, 0) is 42.4 Å². The Morgan fingerprint density at radius 2 is 2.11 bits per heavy atom. The van der Waals surface area contributed by atoms with Crippen LogP contribution in [0.15, 0.2) is 0 Å². The summed E-state index contributed by atoms with van der Waals surface area (Å²) in [5.41, 5.74) is 0.479. The molecule has 0 aromatic rings. The summed E-state index contributed by atoms with van der Waals surface area (Å²) in [6.07, 6.45) is 5.76. The van der Waals surface area contributed by atoms with Crippen molar-refractivity contribution in [1.29, 1.82) is 0 Å². The van der Waals surface area contributed by atoms with E-state index in [4.69, 9.17) is 9.47 Å². The number of fused-ring (bicyclic) bond motifs is 2. The van der Waals surface area contributed by atoms with Crippen LogP contribution in [0.25, 0.3) is 0 Å². The van der Waals surface area contributed by atoms with Crippen LogP contribution in [0, 0.1) is 23.2 Å². The van der Waals surface area contributed by atoms with Crippen LogP contribution in [0.3, 0.4) is 0 Å². The zero-order chi connectivity index (χ0) is 13.0. The zero-order valence-electron chi connectivity index (χ0n) is 12.2. The van der Waals surface area contributed by atoms with E-state index in [-0.39, 0.29) is 0 Å². The maximum absolute atomic E-state index is 5.42. The molecule has 2 fully saturated rings. The Labute approximate surface area is 112 Å². The molecule has 3 heteroatoms. The van der Waals surface area contributed by atoms with Gasteiger partial charge in [0.25, 0.3) is 0 Å². The van der Waals surface area contributed by atoms with Gasteiger partial charge in [0.2, 0.25) is 0 Å². The third-order valence-electron chi connectivity index (χ3n) is 5.36. The van der Waals surface area contributed by atoms with Gasteiger partial charge in [-0.3, -0.25) is 0 Å². The van der Waals surface area contributed by atoms with Crippen LogP contribution in [-0.2, 0) is 9.47 Å². The highest BCUT2D eigenvalue weighted by Crippen LogP contribution is 2.59. The van der Waals surface area contributed by atoms with Crippen molar-refractivity contribution in [2.24, 2.45) is 23.2 Å². The minimum Gasteiger partial charge on any atom is -0.384 e. The van der Waals surface area contributed by atoms with Gasteiger partial charge < -0.3 is 14.8 Å². The molecule has 0 aromatic heterocycles. The van der Waals surface area contributed by atoms with E-state index in [1.807, 2.05) is 7.11 Å². The third kappa shape index (κ3) is 2.73. The highest BCUT2D eigenvalue weighted by molar-refractivity contribution is 5.03. The van der Waals surface area contributed by atoms with Gasteiger partial charge >= 0.3 is 0 Å². The first kappa shape index (κ1) is 14.3. The van der Waals surface area contributed by atoms with Crippen molar-refractivity contribution in [1.82, 2.24) is 5.32 Å². The molecule has 2 bridgehead atoms. The van der Waals surface area contributed by atoms with Gasteiger partial charge in [-0.15, -0.1) is 0 Å². The van der Waals surface area contributed by atoms with Crippen LogP contribution >= 0.6 is 0 Å². The molecule has 106 valence electrons. The molecule has 0 saturated heterocycles. The molecule has 4 unspecified atom stereocenters. The van der Waals surface area contributed by atoms with Crippen LogP contribution in [0.5, 0.6) is 0 Å². The van der Waals surface area contributed by atoms with E-state index in [0.717, 1.165) is 38.1 Å². The van der Waals surface area contributed by atoms with Gasteiger partial charge in [0.05, 0.1) is 6.61 Å². The van der Waals surface area contributed by atoms with Crippen molar-refractivity contribution in [3.05, 3.63) is 0 Å². The highest BCUT2D eigenvalue weighted by Gasteiger charge is 2.52. The van der Waals surface area contributed by atoms with Crippen molar-refractivity contribution in [3.8, 4) is 0 Å². The van der Waals surface area contributed by atoms with E-state index in [2.05, 4.69) is 12.2 Å². The summed E-state index contributed by atoms with van der Waals surface area (Å²) in [6, 6.07) is 0. The Morgan fingerprint density at radius 3 is 2.67 bits per heavy atom. The minimum absolute atomic E-state index is 0.479. The lowest BCUT2D eigenvalue weighted by atomic mass is 9.65. The molecule has 4 atom stereocenters. The second-order valence-corrected chi connectivity index (χ2v) is 6.34. The van der Waals surface area contributed by atoms with Gasteiger partial charge in [-0.1, -0.05) is 13.3 Å². The Kier molecular flexibility index (Phi) is 5.05. The Bertz CT molecular complexity index is 259. The molecule has 2 saturated carbocycles. The fraction of sp³-hybridized carbons (Fsp3) is 1.00. The SMILES string of the molecule is COCCNCC1(C(C)COC)CC2CCC1C2. The monoisotopic (exact) mass is 255 g/mol. The predicted octanol–water partition coefficient (Wildman–Crippen LogP) is 2.31. The van der Waals surface area contributed by atoms with Crippen LogP contribution in [0.1, 0.15) is 32.6 Å². The molecule has 2 aliphatic rings. The summed E-state index contributed by atoms with van der Waals surface area (Å²) in [5, 5.41) is 3.61. The summed E-state index contributed by atoms with van der Waals surface area (Å²) in [4.78, 5) is 0. The second kappa shape index (κ2) is 6.36. The molecule has 0 aromatic carbocycles. The molecule has 0 heterocycles. The zero-order valence-corrected chi connectivity index (χ0v) is 12.2. The number of rotatable bonds is 8. The topological polar surface area (TPSA) is 30.5 Å². The normalized spacial score (nSPS) is 36.2. The van der Waals surface area contributed by atoms with Crippen molar-refractivity contribution in [2.75, 3.05) is 40.5 Å². The molecular formula is C15H29NO2. The van der Waals surface area contributed by atoms with E-state index in [9.17, 15) is 0 Å². The Balaban J connectivity index is 1.95. The van der Waals surface area contributed by atoms with Gasteiger partial charge in [0.15, 0.2) is 0 Å². The smallest absolute Gasteiger partial charge is 0.0587 e. The second-order valence-electron chi connectivity index (χ2n) is 6.34. The fourth-order valence-corrected chi connectivity index (χ4v) is 4.39. The lowest BCUT2D eigenvalue weighted by molar-refractivity contribution is 0.0251. The molecule has 1 N–H and O–H groups in total. The minimum atomic E-state index is 0.479. The standard InChI is InChI=1S/C15H29NO2/c1-12(10-18-3)15(11-16-6-7-17-2)9-13-4-5-14(15)8-13/h12-14,16H,4-11H2,1-3H3. The van der Waals surface area contributed by atoms with E-state index >= 15 is 0 Å². The molecule has 3 nitrogen and oxygen atoms in total. The summed E-state index contributed by atoms with van der Waals surface area (Å²) in [7, 11) is 3.60. The van der Waals surface area contributed by atoms with Crippen molar-refractivity contribution < 1.29 is 9.47 Å². The third-order valence-corrected chi connectivity index (χ3v) is 5.36. The molecule has 2 aliphatic carbocycles. The molecule has 2 rings (SSSR count). The number of ether oxygens (including phenoxy) is 2. The number of nitrogens with one attached hydrogen (secondary N) is 1. The van der Waals surface area contributed by atoms with Gasteiger partial charge in [-0.2, -0.15) is 0 Å². The molecule has 0 spiro atoms. The lowest BCUT2D eigenvalue weighted by Gasteiger charge is -2.43. The Hall–Kier alpha value is -0.120. The molecule has 0 amide bonds. The van der Waals surface area contributed by atoms with Crippen LogP contribution in [-0.4, -0.2) is 40.5 Å². The van der Waals surface area contributed by atoms with E-state index in [0.29, 0.717) is 11.3 Å². The van der Waals surface area contributed by atoms with Crippen molar-refractivity contribution >= 4 is 0 Å². The maximum atomic E-state index is 5.42. The molecular weight excluding hydrogens is 226 g/mol. The molecule has 0 aliphatic heterocycles. The molecule has 0 radical (unpaired) electrons. The largest absolute Gasteiger partial charge is 0.384 e. The van der Waals surface area contributed by atoms with Gasteiger partial charge in [0, 0.05) is 33.9 Å². The summed E-state index contributed by atoms with van der Waals surface area (Å²) >= 11 is 0. The fourth-order valence-electron chi connectivity index (χ4n) is 4.39. The van der Waals surface area contributed by atoms with E-state index in [1.54, 1.807) is 7.11 Å². The first-order valence-electron chi connectivity index (χ1n) is 7.41. The van der Waals surface area contributed by atoms with E-state index < -0.39 is 0 Å². The highest BCUT2D eigenvalue weighted by atomic mass is 16.5. The molecule has 18 heavy (non-hydrogen) atoms. The Morgan fingerprint density at radius 1 is 1.28 bits per heavy atom. The number of hydrogen-bond donors (Lipinski definition) is 1. The quantitative estimate of drug-likeness (QED) is 0.675. The van der Waals surface area contributed by atoms with Crippen LogP contribution in [0.2, 0.25) is 0 Å². The summed E-state index contributed by atoms with van der Waals surface area (Å²) < 4.78 is 10.5. The van der Waals surface area contributed by atoms with Gasteiger partial charge in [-0.25, -0.2) is 0 Å². The van der Waals surface area contributed by atoms with E-state index in [1.165, 1.54) is 25.7 Å². The average molecular weight is 255 g/mol. The summed E-state index contributed by atoms with van der Waals surface area (Å²) in [6.45, 7) is 6.19. The first-order chi connectivity index (χ1) is 8.73. The maximum Gasteiger partial charge on any atom is 0.0587 e. The predicted molar refractivity (Wildman–Crippen MR) is 73.7 cm³/mol. The first-order valence-corrected chi connectivity index (χ1v) is 7.41. The number of hydrogen-bond acceptors (Lipinski definition) is 3.